The van der Waals surface area contributed by atoms with Crippen molar-refractivity contribution in [3.63, 3.8) is 0 Å². The van der Waals surface area contributed by atoms with E-state index in [4.69, 9.17) is 17.2 Å². The standard InChI is InChI=1S/C31H31F3N6OS2/c1-20(2)26-17-21(3)7-12-27(26)39-15-16-43-30(39)37-29(42)35-14-13-22-5-4-6-23(18-22)28-36-19-40(38-28)24-8-10-25(11-9-24)41-31(32,33)34/h4-12,17-20H,13-16H2,1-3H3,(H,35,42)/b37-30-. The molecule has 1 N–H and O–H groups in total. The first kappa shape index (κ1) is 30.6. The number of aromatic nitrogens is 3. The molecule has 1 aliphatic rings. The molecule has 0 aliphatic carbocycles. The highest BCUT2D eigenvalue weighted by Crippen LogP contribution is 2.33. The minimum absolute atomic E-state index is 0.297. The number of halogens is 3. The van der Waals surface area contributed by atoms with Gasteiger partial charge in [0.2, 0.25) is 0 Å². The predicted molar refractivity (Wildman–Crippen MR) is 170 cm³/mol. The molecule has 3 aromatic carbocycles. The maximum absolute atomic E-state index is 12.4. The van der Waals surface area contributed by atoms with Gasteiger partial charge in [-0.25, -0.2) is 9.67 Å². The molecule has 224 valence electrons. The van der Waals surface area contributed by atoms with Gasteiger partial charge in [-0.1, -0.05) is 61.5 Å². The van der Waals surface area contributed by atoms with Crippen LogP contribution < -0.4 is 15.0 Å². The van der Waals surface area contributed by atoms with Crippen LogP contribution in [-0.4, -0.2) is 50.2 Å². The second-order valence-corrected chi connectivity index (χ2v) is 11.8. The molecule has 0 amide bonds. The number of aliphatic imine (C=N–C) groups is 1. The second-order valence-electron chi connectivity index (χ2n) is 10.3. The number of thiocarbonyl (C=S) groups is 1. The van der Waals surface area contributed by atoms with Gasteiger partial charge in [0.05, 0.1) is 5.69 Å². The van der Waals surface area contributed by atoms with Crippen LogP contribution in [0.4, 0.5) is 18.9 Å². The largest absolute Gasteiger partial charge is 0.573 e. The molecule has 0 atom stereocenters. The summed E-state index contributed by atoms with van der Waals surface area (Å²) in [6.45, 7) is 8.03. The summed E-state index contributed by atoms with van der Waals surface area (Å²) in [7, 11) is 0. The maximum Gasteiger partial charge on any atom is 0.573 e. The number of ether oxygens (including phenoxy) is 1. The molecule has 0 unspecified atom stereocenters. The van der Waals surface area contributed by atoms with Crippen LogP contribution in [0.2, 0.25) is 0 Å². The molecule has 2 heterocycles. The van der Waals surface area contributed by atoms with Crippen LogP contribution in [0.3, 0.4) is 0 Å². The molecule has 7 nitrogen and oxygen atoms in total. The zero-order chi connectivity index (χ0) is 30.6. The molecule has 12 heteroatoms. The zero-order valence-corrected chi connectivity index (χ0v) is 25.6. The first-order valence-corrected chi connectivity index (χ1v) is 15.2. The predicted octanol–water partition coefficient (Wildman–Crippen LogP) is 7.29. The van der Waals surface area contributed by atoms with E-state index in [1.807, 2.05) is 24.3 Å². The van der Waals surface area contributed by atoms with Crippen LogP contribution in [0, 0.1) is 6.92 Å². The topological polar surface area (TPSA) is 67.6 Å². The number of thioether (sulfide) groups is 1. The van der Waals surface area contributed by atoms with Crippen molar-refractivity contribution >= 4 is 39.9 Å². The van der Waals surface area contributed by atoms with Gasteiger partial charge in [0.25, 0.3) is 0 Å². The summed E-state index contributed by atoms with van der Waals surface area (Å²) < 4.78 is 42.7. The Kier molecular flexibility index (Phi) is 9.36. The van der Waals surface area contributed by atoms with Gasteiger partial charge in [0.15, 0.2) is 16.1 Å². The fraction of sp³-hybridized carbons (Fsp3) is 0.290. The zero-order valence-electron chi connectivity index (χ0n) is 23.9. The number of benzene rings is 3. The quantitative estimate of drug-likeness (QED) is 0.207. The average Bonchev–Trinajstić information content (AvgIpc) is 3.63. The monoisotopic (exact) mass is 624 g/mol. The molecule has 4 aromatic rings. The summed E-state index contributed by atoms with van der Waals surface area (Å²) >= 11 is 7.29. The highest BCUT2D eigenvalue weighted by molar-refractivity contribution is 8.14. The van der Waals surface area contributed by atoms with Crippen LogP contribution in [0.1, 0.15) is 36.5 Å². The Bertz CT molecular complexity index is 1620. The Hall–Kier alpha value is -3.90. The Morgan fingerprint density at radius 2 is 1.91 bits per heavy atom. The summed E-state index contributed by atoms with van der Waals surface area (Å²) in [6, 6.07) is 19.9. The number of aryl methyl sites for hydroxylation is 1. The van der Waals surface area contributed by atoms with Crippen molar-refractivity contribution in [3.8, 4) is 22.8 Å². The summed E-state index contributed by atoms with van der Waals surface area (Å²) in [4.78, 5) is 11.4. The van der Waals surface area contributed by atoms with E-state index in [2.05, 4.69) is 64.0 Å². The molecule has 1 fully saturated rings. The third-order valence-corrected chi connectivity index (χ3v) is 7.96. The van der Waals surface area contributed by atoms with E-state index in [1.54, 1.807) is 11.8 Å². The molecule has 1 aromatic heterocycles. The third kappa shape index (κ3) is 7.94. The number of anilines is 1. The second kappa shape index (κ2) is 13.2. The van der Waals surface area contributed by atoms with E-state index in [0.29, 0.717) is 35.5 Å². The van der Waals surface area contributed by atoms with E-state index >= 15 is 0 Å². The maximum atomic E-state index is 12.4. The smallest absolute Gasteiger partial charge is 0.406 e. The van der Waals surface area contributed by atoms with Gasteiger partial charge in [-0.3, -0.25) is 0 Å². The van der Waals surface area contributed by atoms with Crippen LogP contribution in [0.25, 0.3) is 17.1 Å². The first-order valence-electron chi connectivity index (χ1n) is 13.8. The van der Waals surface area contributed by atoms with Crippen molar-refractivity contribution in [2.24, 2.45) is 4.99 Å². The molecule has 0 saturated carbocycles. The summed E-state index contributed by atoms with van der Waals surface area (Å²) in [5.74, 6) is 1.57. The van der Waals surface area contributed by atoms with Crippen LogP contribution in [0.5, 0.6) is 5.75 Å². The number of hydrogen-bond acceptors (Lipinski definition) is 5. The van der Waals surface area contributed by atoms with Crippen molar-refractivity contribution in [1.29, 1.82) is 0 Å². The van der Waals surface area contributed by atoms with Crippen molar-refractivity contribution in [2.45, 2.75) is 39.5 Å². The highest BCUT2D eigenvalue weighted by Gasteiger charge is 2.31. The van der Waals surface area contributed by atoms with Crippen molar-refractivity contribution in [1.82, 2.24) is 20.1 Å². The van der Waals surface area contributed by atoms with Crippen LogP contribution in [0.15, 0.2) is 78.0 Å². The lowest BCUT2D eigenvalue weighted by atomic mass is 9.98. The van der Waals surface area contributed by atoms with Crippen LogP contribution >= 0.6 is 24.0 Å². The molecule has 0 bridgehead atoms. The Morgan fingerprint density at radius 1 is 1.12 bits per heavy atom. The number of amidine groups is 1. The molecule has 0 spiro atoms. The van der Waals surface area contributed by atoms with Crippen LogP contribution in [-0.2, 0) is 6.42 Å². The van der Waals surface area contributed by atoms with Gasteiger partial charge in [-0.05, 0) is 79.0 Å². The average molecular weight is 625 g/mol. The van der Waals surface area contributed by atoms with Gasteiger partial charge in [0, 0.05) is 30.1 Å². The van der Waals surface area contributed by atoms with Crippen molar-refractivity contribution < 1.29 is 17.9 Å². The minimum Gasteiger partial charge on any atom is -0.406 e. The van der Waals surface area contributed by atoms with E-state index < -0.39 is 6.36 Å². The Morgan fingerprint density at radius 3 is 2.65 bits per heavy atom. The van der Waals surface area contributed by atoms with E-state index in [-0.39, 0.29) is 5.75 Å². The fourth-order valence-electron chi connectivity index (χ4n) is 4.73. The van der Waals surface area contributed by atoms with Gasteiger partial charge in [0.1, 0.15) is 12.1 Å². The Balaban J connectivity index is 1.19. The van der Waals surface area contributed by atoms with Crippen molar-refractivity contribution in [2.75, 3.05) is 23.7 Å². The van der Waals surface area contributed by atoms with Gasteiger partial charge in [-0.15, -0.1) is 18.3 Å². The SMILES string of the molecule is Cc1ccc(N2CCS/C2=N\C(=S)NCCc2cccc(-c3ncn(-c4ccc(OC(F)(F)F)cc4)n3)c2)c(C(C)C)c1. The van der Waals surface area contributed by atoms with Gasteiger partial charge in [-0.2, -0.15) is 4.99 Å². The lowest BCUT2D eigenvalue weighted by Gasteiger charge is -2.23. The number of rotatable bonds is 8. The fourth-order valence-corrected chi connectivity index (χ4v) is 5.93. The third-order valence-electron chi connectivity index (χ3n) is 6.77. The molecular weight excluding hydrogens is 594 g/mol. The normalized spacial score (nSPS) is 14.5. The molecular formula is C31H31F3N6OS2. The molecule has 1 aliphatic heterocycles. The van der Waals surface area contributed by atoms with Gasteiger partial charge < -0.3 is 15.0 Å². The first-order chi connectivity index (χ1) is 20.6. The highest BCUT2D eigenvalue weighted by atomic mass is 32.2. The number of nitrogens with zero attached hydrogens (tertiary/aromatic N) is 5. The lowest BCUT2D eigenvalue weighted by molar-refractivity contribution is -0.274. The summed E-state index contributed by atoms with van der Waals surface area (Å²) in [6.07, 6.45) is -2.50. The lowest BCUT2D eigenvalue weighted by Crippen LogP contribution is -2.29. The van der Waals surface area contributed by atoms with Gasteiger partial charge >= 0.3 is 6.36 Å². The Labute approximate surface area is 258 Å². The number of hydrogen-bond donors (Lipinski definition) is 1. The molecule has 1 saturated heterocycles. The van der Waals surface area contributed by atoms with E-state index in [1.165, 1.54) is 52.1 Å². The number of nitrogens with one attached hydrogen (secondary N) is 1. The summed E-state index contributed by atoms with van der Waals surface area (Å²) in [5.41, 5.74) is 6.20. The van der Waals surface area contributed by atoms with Crippen molar-refractivity contribution in [3.05, 3.63) is 89.7 Å². The van der Waals surface area contributed by atoms with E-state index in [0.717, 1.165) is 28.6 Å². The number of alkyl halides is 3. The molecule has 0 radical (unpaired) electrons. The molecule has 43 heavy (non-hydrogen) atoms. The molecule has 5 rings (SSSR count). The minimum atomic E-state index is -4.74. The van der Waals surface area contributed by atoms with E-state index in [9.17, 15) is 13.2 Å². The summed E-state index contributed by atoms with van der Waals surface area (Å²) in [5, 5.41) is 9.13.